The maximum absolute atomic E-state index is 12.2. The van der Waals surface area contributed by atoms with Crippen LogP contribution < -0.4 is 5.32 Å². The summed E-state index contributed by atoms with van der Waals surface area (Å²) >= 11 is 1.52. The van der Waals surface area contributed by atoms with Gasteiger partial charge in [0, 0.05) is 18.0 Å². The number of amides is 2. The third-order valence-corrected chi connectivity index (χ3v) is 4.78. The van der Waals surface area contributed by atoms with Gasteiger partial charge in [-0.3, -0.25) is 9.59 Å². The number of anilines is 1. The van der Waals surface area contributed by atoms with Crippen LogP contribution in [0.15, 0.2) is 59.5 Å². The fourth-order valence-electron chi connectivity index (χ4n) is 2.47. The number of nitrogens with zero attached hydrogens (tertiary/aromatic N) is 1. The Labute approximate surface area is 174 Å². The number of aryl methyl sites for hydroxylation is 1. The lowest BCUT2D eigenvalue weighted by atomic mass is 10.1. The van der Waals surface area contributed by atoms with Gasteiger partial charge in [-0.25, -0.2) is 4.79 Å². The Kier molecular flexibility index (Phi) is 8.48. The second kappa shape index (κ2) is 11.1. The van der Waals surface area contributed by atoms with Crippen molar-refractivity contribution in [2.75, 3.05) is 31.8 Å². The topological polar surface area (TPSA) is 75.7 Å². The molecule has 0 saturated carbocycles. The van der Waals surface area contributed by atoms with Gasteiger partial charge in [0.1, 0.15) is 0 Å². The highest BCUT2D eigenvalue weighted by molar-refractivity contribution is 7.98. The first-order chi connectivity index (χ1) is 13.9. The molecule has 0 spiro atoms. The number of rotatable bonds is 8. The first kappa shape index (κ1) is 22.2. The number of para-hydroxylation sites is 1. The molecule has 2 aromatic rings. The summed E-state index contributed by atoms with van der Waals surface area (Å²) in [5, 5.41) is 2.78. The minimum absolute atomic E-state index is 0.141. The summed E-state index contributed by atoms with van der Waals surface area (Å²) in [5.74, 6) is -1.41. The van der Waals surface area contributed by atoms with Gasteiger partial charge in [0.15, 0.2) is 6.61 Å². The molecule has 0 fully saturated rings. The van der Waals surface area contributed by atoms with Crippen molar-refractivity contribution in [3.63, 3.8) is 0 Å². The number of carbonyl (C=O) groups is 3. The molecule has 2 rings (SSSR count). The average molecular weight is 413 g/mol. The Balaban J connectivity index is 1.79. The van der Waals surface area contributed by atoms with Crippen molar-refractivity contribution in [1.82, 2.24) is 4.90 Å². The number of hydrogen-bond donors (Lipinski definition) is 1. The summed E-state index contributed by atoms with van der Waals surface area (Å²) in [6, 6.07) is 15.1. The number of ether oxygens (including phenoxy) is 1. The lowest BCUT2D eigenvalue weighted by Crippen LogP contribution is -2.37. The van der Waals surface area contributed by atoms with Crippen molar-refractivity contribution in [2.45, 2.75) is 11.8 Å². The fourth-order valence-corrected chi connectivity index (χ4v) is 3.02. The van der Waals surface area contributed by atoms with Crippen LogP contribution in [0.3, 0.4) is 0 Å². The van der Waals surface area contributed by atoms with Crippen molar-refractivity contribution in [2.24, 2.45) is 0 Å². The molecule has 0 heterocycles. The van der Waals surface area contributed by atoms with E-state index in [0.717, 1.165) is 16.0 Å². The van der Waals surface area contributed by atoms with Crippen LogP contribution >= 0.6 is 11.8 Å². The van der Waals surface area contributed by atoms with Gasteiger partial charge in [-0.2, -0.15) is 0 Å². The largest absolute Gasteiger partial charge is 0.452 e. The molecule has 2 amide bonds. The van der Waals surface area contributed by atoms with E-state index in [2.05, 4.69) is 5.32 Å². The quantitative estimate of drug-likeness (QED) is 0.409. The first-order valence-electron chi connectivity index (χ1n) is 8.97. The lowest BCUT2D eigenvalue weighted by Gasteiger charge is -2.17. The van der Waals surface area contributed by atoms with E-state index in [0.29, 0.717) is 5.69 Å². The van der Waals surface area contributed by atoms with Crippen LogP contribution in [0.25, 0.3) is 6.08 Å². The number of likely N-dealkylation sites (N-methyl/N-ethyl adjacent to an activating group) is 1. The van der Waals surface area contributed by atoms with E-state index in [-0.39, 0.29) is 12.5 Å². The van der Waals surface area contributed by atoms with Gasteiger partial charge < -0.3 is 15.0 Å². The Morgan fingerprint density at radius 2 is 1.90 bits per heavy atom. The molecule has 0 radical (unpaired) electrons. The molecule has 0 bridgehead atoms. The molecule has 0 aliphatic carbocycles. The zero-order chi connectivity index (χ0) is 21.2. The minimum atomic E-state index is -0.619. The van der Waals surface area contributed by atoms with Gasteiger partial charge >= 0.3 is 5.97 Å². The third kappa shape index (κ3) is 7.46. The molecule has 0 atom stereocenters. The van der Waals surface area contributed by atoms with Gasteiger partial charge in [0.05, 0.1) is 12.2 Å². The highest BCUT2D eigenvalue weighted by Gasteiger charge is 2.15. The molecule has 0 aliphatic heterocycles. The van der Waals surface area contributed by atoms with Crippen LogP contribution in [0.4, 0.5) is 5.69 Å². The van der Waals surface area contributed by atoms with Gasteiger partial charge in [0.2, 0.25) is 5.91 Å². The SMILES string of the molecule is CSc1ccccc1NC(=O)CN(C)C(=O)COC(=O)/C=C/c1cccc(C)c1. The molecular formula is C22H24N2O4S. The summed E-state index contributed by atoms with van der Waals surface area (Å²) in [6.07, 6.45) is 4.82. The third-order valence-electron chi connectivity index (χ3n) is 3.98. The van der Waals surface area contributed by atoms with Crippen LogP contribution in [-0.2, 0) is 19.1 Å². The Morgan fingerprint density at radius 1 is 1.14 bits per heavy atom. The molecule has 0 unspecified atom stereocenters. The second-order valence-corrected chi connectivity index (χ2v) is 7.20. The standard InChI is InChI=1S/C22H24N2O4S/c1-16-7-6-8-17(13-16)11-12-22(27)28-15-21(26)24(2)14-20(25)23-18-9-4-5-10-19(18)29-3/h4-13H,14-15H2,1-3H3,(H,23,25)/b12-11+. The zero-order valence-electron chi connectivity index (χ0n) is 16.7. The van der Waals surface area contributed by atoms with Gasteiger partial charge in [0.25, 0.3) is 5.91 Å². The van der Waals surface area contributed by atoms with Gasteiger partial charge in [-0.1, -0.05) is 42.0 Å². The van der Waals surface area contributed by atoms with Crippen LogP contribution in [-0.4, -0.2) is 49.1 Å². The van der Waals surface area contributed by atoms with E-state index in [9.17, 15) is 14.4 Å². The van der Waals surface area contributed by atoms with Crippen molar-refractivity contribution < 1.29 is 19.1 Å². The number of nitrogens with one attached hydrogen (secondary N) is 1. The number of esters is 1. The summed E-state index contributed by atoms with van der Waals surface area (Å²) < 4.78 is 4.96. The van der Waals surface area contributed by atoms with Crippen molar-refractivity contribution >= 4 is 41.3 Å². The van der Waals surface area contributed by atoms with E-state index < -0.39 is 18.5 Å². The second-order valence-electron chi connectivity index (χ2n) is 6.35. The zero-order valence-corrected chi connectivity index (χ0v) is 17.5. The molecular weight excluding hydrogens is 388 g/mol. The Morgan fingerprint density at radius 3 is 2.62 bits per heavy atom. The smallest absolute Gasteiger partial charge is 0.331 e. The van der Waals surface area contributed by atoms with E-state index in [1.165, 1.54) is 29.8 Å². The van der Waals surface area contributed by atoms with E-state index in [1.54, 1.807) is 12.1 Å². The lowest BCUT2D eigenvalue weighted by molar-refractivity contribution is -0.148. The normalized spacial score (nSPS) is 10.6. The predicted octanol–water partition coefficient (Wildman–Crippen LogP) is 3.37. The Bertz CT molecular complexity index is 911. The molecule has 0 aromatic heterocycles. The van der Waals surface area contributed by atoms with E-state index in [1.807, 2.05) is 55.6 Å². The number of hydrogen-bond acceptors (Lipinski definition) is 5. The maximum atomic E-state index is 12.2. The summed E-state index contributed by atoms with van der Waals surface area (Å²) in [6.45, 7) is 1.39. The van der Waals surface area contributed by atoms with E-state index >= 15 is 0 Å². The average Bonchev–Trinajstić information content (AvgIpc) is 2.70. The van der Waals surface area contributed by atoms with Crippen LogP contribution in [0.2, 0.25) is 0 Å². The fraction of sp³-hybridized carbons (Fsp3) is 0.227. The summed E-state index contributed by atoms with van der Waals surface area (Å²) in [7, 11) is 1.48. The van der Waals surface area contributed by atoms with Crippen LogP contribution in [0.5, 0.6) is 0 Å². The first-order valence-corrected chi connectivity index (χ1v) is 10.2. The molecule has 29 heavy (non-hydrogen) atoms. The molecule has 6 nitrogen and oxygen atoms in total. The number of carbonyl (C=O) groups excluding carboxylic acids is 3. The molecule has 152 valence electrons. The van der Waals surface area contributed by atoms with Gasteiger partial charge in [-0.05, 0) is 37.0 Å². The predicted molar refractivity (Wildman–Crippen MR) is 116 cm³/mol. The van der Waals surface area contributed by atoms with Crippen LogP contribution in [0, 0.1) is 6.92 Å². The van der Waals surface area contributed by atoms with Crippen molar-refractivity contribution in [3.8, 4) is 0 Å². The highest BCUT2D eigenvalue weighted by Crippen LogP contribution is 2.24. The monoisotopic (exact) mass is 412 g/mol. The van der Waals surface area contributed by atoms with E-state index in [4.69, 9.17) is 4.74 Å². The molecule has 7 heteroatoms. The Hall–Kier alpha value is -3.06. The van der Waals surface area contributed by atoms with Crippen molar-refractivity contribution in [3.05, 3.63) is 65.7 Å². The van der Waals surface area contributed by atoms with Crippen molar-refractivity contribution in [1.29, 1.82) is 0 Å². The molecule has 1 N–H and O–H groups in total. The maximum Gasteiger partial charge on any atom is 0.331 e. The highest BCUT2D eigenvalue weighted by atomic mass is 32.2. The number of benzene rings is 2. The molecule has 0 aliphatic rings. The summed E-state index contributed by atoms with van der Waals surface area (Å²) in [4.78, 5) is 38.3. The van der Waals surface area contributed by atoms with Crippen LogP contribution in [0.1, 0.15) is 11.1 Å². The number of thioether (sulfide) groups is 1. The molecule has 0 saturated heterocycles. The summed E-state index contributed by atoms with van der Waals surface area (Å²) in [5.41, 5.74) is 2.64. The van der Waals surface area contributed by atoms with Gasteiger partial charge in [-0.15, -0.1) is 11.8 Å². The minimum Gasteiger partial charge on any atom is -0.452 e. The molecule has 2 aromatic carbocycles.